The zero-order valence-electron chi connectivity index (χ0n) is 9.19. The average molecular weight is 223 g/mol. The van der Waals surface area contributed by atoms with Crippen LogP contribution in [-0.2, 0) is 6.42 Å². The number of hydrogen-bond acceptors (Lipinski definition) is 2. The molecule has 3 heteroatoms. The van der Waals surface area contributed by atoms with Gasteiger partial charge in [0.2, 0.25) is 0 Å². The van der Waals surface area contributed by atoms with Gasteiger partial charge in [-0.25, -0.2) is 0 Å². The molecule has 1 aromatic rings. The molecule has 0 saturated heterocycles. The van der Waals surface area contributed by atoms with Gasteiger partial charge in [0.15, 0.2) is 0 Å². The molecule has 0 fully saturated rings. The Balaban J connectivity index is 2.59. The van der Waals surface area contributed by atoms with Gasteiger partial charge in [-0.15, -0.1) is 0 Å². The van der Waals surface area contributed by atoms with Crippen molar-refractivity contribution in [3.8, 4) is 5.75 Å². The van der Waals surface area contributed by atoms with E-state index in [4.69, 9.17) is 22.7 Å². The van der Waals surface area contributed by atoms with Crippen molar-refractivity contribution >= 4 is 17.2 Å². The minimum absolute atomic E-state index is 0.481. The van der Waals surface area contributed by atoms with Crippen LogP contribution in [0.15, 0.2) is 24.3 Å². The number of thiocarbonyl (C=S) groups is 1. The highest BCUT2D eigenvalue weighted by molar-refractivity contribution is 7.80. The quantitative estimate of drug-likeness (QED) is 0.779. The molecule has 0 heterocycles. The summed E-state index contributed by atoms with van der Waals surface area (Å²) in [4.78, 5) is 0.588. The monoisotopic (exact) mass is 223 g/mol. The van der Waals surface area contributed by atoms with Crippen molar-refractivity contribution in [3.63, 3.8) is 0 Å². The Bertz CT molecular complexity index is 338. The van der Waals surface area contributed by atoms with E-state index in [1.807, 2.05) is 12.1 Å². The topological polar surface area (TPSA) is 35.2 Å². The zero-order chi connectivity index (χ0) is 11.3. The van der Waals surface area contributed by atoms with E-state index in [1.165, 1.54) is 5.56 Å². The first kappa shape index (κ1) is 12.0. The van der Waals surface area contributed by atoms with Gasteiger partial charge < -0.3 is 10.5 Å². The van der Waals surface area contributed by atoms with E-state index in [9.17, 15) is 0 Å². The molecule has 0 radical (unpaired) electrons. The van der Waals surface area contributed by atoms with E-state index in [-0.39, 0.29) is 0 Å². The molecule has 0 aliphatic heterocycles. The first-order chi connectivity index (χ1) is 7.11. The molecule has 0 aliphatic carbocycles. The first-order valence-electron chi connectivity index (χ1n) is 5.03. The summed E-state index contributed by atoms with van der Waals surface area (Å²) >= 11 is 4.89. The van der Waals surface area contributed by atoms with Crippen LogP contribution in [0.1, 0.15) is 18.9 Å². The number of ether oxygens (including phenoxy) is 1. The van der Waals surface area contributed by atoms with Crippen LogP contribution in [0, 0.1) is 5.92 Å². The minimum atomic E-state index is 0.481. The van der Waals surface area contributed by atoms with Crippen LogP contribution in [0.2, 0.25) is 0 Å². The Labute approximate surface area is 96.4 Å². The van der Waals surface area contributed by atoms with Gasteiger partial charge in [0.05, 0.1) is 12.1 Å². The first-order valence-corrected chi connectivity index (χ1v) is 5.44. The standard InChI is InChI=1S/C12H17NOS/c1-9(7-12(13)15)6-10-4-3-5-11(8-10)14-2/h3-5,8-9H,6-7H2,1-2H3,(H2,13,15). The fourth-order valence-corrected chi connectivity index (χ4v) is 1.90. The molecule has 1 unspecified atom stereocenters. The van der Waals surface area contributed by atoms with Crippen LogP contribution >= 0.6 is 12.2 Å². The van der Waals surface area contributed by atoms with E-state index in [0.717, 1.165) is 18.6 Å². The number of methoxy groups -OCH3 is 1. The van der Waals surface area contributed by atoms with Gasteiger partial charge in [0.1, 0.15) is 5.75 Å². The predicted octanol–water partition coefficient (Wildman–Crippen LogP) is 2.55. The number of rotatable bonds is 5. The Morgan fingerprint density at radius 3 is 2.87 bits per heavy atom. The summed E-state index contributed by atoms with van der Waals surface area (Å²) in [6.45, 7) is 2.15. The van der Waals surface area contributed by atoms with E-state index >= 15 is 0 Å². The Morgan fingerprint density at radius 1 is 1.53 bits per heavy atom. The highest BCUT2D eigenvalue weighted by Crippen LogP contribution is 2.17. The summed E-state index contributed by atoms with van der Waals surface area (Å²) in [5.74, 6) is 1.38. The number of nitrogens with two attached hydrogens (primary N) is 1. The lowest BCUT2D eigenvalue weighted by Crippen LogP contribution is -2.13. The molecule has 0 aliphatic rings. The van der Waals surface area contributed by atoms with Gasteiger partial charge in [-0.2, -0.15) is 0 Å². The van der Waals surface area contributed by atoms with Crippen LogP contribution < -0.4 is 10.5 Å². The van der Waals surface area contributed by atoms with Crippen LogP contribution in [0.5, 0.6) is 5.75 Å². The Morgan fingerprint density at radius 2 is 2.27 bits per heavy atom. The summed E-state index contributed by atoms with van der Waals surface area (Å²) in [6, 6.07) is 8.10. The maximum Gasteiger partial charge on any atom is 0.119 e. The molecule has 2 N–H and O–H groups in total. The molecule has 0 amide bonds. The van der Waals surface area contributed by atoms with Gasteiger partial charge in [-0.3, -0.25) is 0 Å². The molecule has 1 atom stereocenters. The largest absolute Gasteiger partial charge is 0.497 e. The molecular weight excluding hydrogens is 206 g/mol. The maximum atomic E-state index is 5.51. The van der Waals surface area contributed by atoms with E-state index in [2.05, 4.69) is 19.1 Å². The van der Waals surface area contributed by atoms with Crippen molar-refractivity contribution in [2.24, 2.45) is 11.7 Å². The van der Waals surface area contributed by atoms with Gasteiger partial charge in [-0.05, 0) is 30.0 Å². The molecule has 0 saturated carbocycles. The van der Waals surface area contributed by atoms with E-state index in [1.54, 1.807) is 7.11 Å². The molecule has 1 rings (SSSR count). The van der Waals surface area contributed by atoms with Crippen molar-refractivity contribution in [2.75, 3.05) is 7.11 Å². The molecule has 82 valence electrons. The van der Waals surface area contributed by atoms with Crippen molar-refractivity contribution in [2.45, 2.75) is 19.8 Å². The number of benzene rings is 1. The summed E-state index contributed by atoms with van der Waals surface area (Å²) in [7, 11) is 1.68. The third kappa shape index (κ3) is 4.30. The van der Waals surface area contributed by atoms with Crippen molar-refractivity contribution in [1.29, 1.82) is 0 Å². The van der Waals surface area contributed by atoms with Gasteiger partial charge in [0, 0.05) is 6.42 Å². The lowest BCUT2D eigenvalue weighted by atomic mass is 9.98. The molecule has 15 heavy (non-hydrogen) atoms. The Kier molecular flexibility index (Phi) is 4.56. The third-order valence-electron chi connectivity index (χ3n) is 2.27. The van der Waals surface area contributed by atoms with Crippen LogP contribution in [-0.4, -0.2) is 12.1 Å². The van der Waals surface area contributed by atoms with Crippen molar-refractivity contribution in [3.05, 3.63) is 29.8 Å². The van der Waals surface area contributed by atoms with E-state index in [0.29, 0.717) is 10.9 Å². The summed E-state index contributed by atoms with van der Waals surface area (Å²) in [6.07, 6.45) is 1.78. The van der Waals surface area contributed by atoms with Crippen LogP contribution in [0.3, 0.4) is 0 Å². The minimum Gasteiger partial charge on any atom is -0.497 e. The summed E-state index contributed by atoms with van der Waals surface area (Å²) < 4.78 is 5.17. The highest BCUT2D eigenvalue weighted by Gasteiger charge is 2.05. The van der Waals surface area contributed by atoms with Crippen molar-refractivity contribution < 1.29 is 4.74 Å². The number of hydrogen-bond donors (Lipinski definition) is 1. The van der Waals surface area contributed by atoms with Gasteiger partial charge in [0.25, 0.3) is 0 Å². The maximum absolute atomic E-state index is 5.51. The molecule has 0 spiro atoms. The molecule has 2 nitrogen and oxygen atoms in total. The lowest BCUT2D eigenvalue weighted by molar-refractivity contribution is 0.414. The summed E-state index contributed by atoms with van der Waals surface area (Å²) in [5.41, 5.74) is 6.77. The van der Waals surface area contributed by atoms with Gasteiger partial charge in [-0.1, -0.05) is 31.3 Å². The molecular formula is C12H17NOS. The SMILES string of the molecule is COc1cccc(CC(C)CC(N)=S)c1. The molecule has 1 aromatic carbocycles. The van der Waals surface area contributed by atoms with E-state index < -0.39 is 0 Å². The second kappa shape index (κ2) is 5.71. The second-order valence-corrected chi connectivity index (χ2v) is 4.36. The average Bonchev–Trinajstić information content (AvgIpc) is 2.16. The zero-order valence-corrected chi connectivity index (χ0v) is 10.0. The third-order valence-corrected chi connectivity index (χ3v) is 2.43. The normalized spacial score (nSPS) is 12.1. The molecule has 0 aromatic heterocycles. The Hall–Kier alpha value is -1.09. The second-order valence-electron chi connectivity index (χ2n) is 3.83. The predicted molar refractivity (Wildman–Crippen MR) is 67.3 cm³/mol. The fraction of sp³-hybridized carbons (Fsp3) is 0.417. The summed E-state index contributed by atoms with van der Waals surface area (Å²) in [5, 5.41) is 0. The van der Waals surface area contributed by atoms with Crippen LogP contribution in [0.25, 0.3) is 0 Å². The smallest absolute Gasteiger partial charge is 0.119 e. The van der Waals surface area contributed by atoms with Gasteiger partial charge >= 0.3 is 0 Å². The highest BCUT2D eigenvalue weighted by atomic mass is 32.1. The van der Waals surface area contributed by atoms with Crippen molar-refractivity contribution in [1.82, 2.24) is 0 Å². The lowest BCUT2D eigenvalue weighted by Gasteiger charge is -2.10. The molecule has 0 bridgehead atoms. The van der Waals surface area contributed by atoms with Crippen LogP contribution in [0.4, 0.5) is 0 Å². The fourth-order valence-electron chi connectivity index (χ4n) is 1.62.